The third-order valence-electron chi connectivity index (χ3n) is 1.84. The van der Waals surface area contributed by atoms with Crippen molar-refractivity contribution in [2.24, 2.45) is 0 Å². The third-order valence-corrected chi connectivity index (χ3v) is 2.74. The maximum atomic E-state index is 11.4. The first-order chi connectivity index (χ1) is 7.69. The molecule has 1 N–H and O–H groups in total. The number of carbonyl (C=O) groups is 2. The van der Waals surface area contributed by atoms with Gasteiger partial charge < -0.3 is 14.8 Å². The van der Waals surface area contributed by atoms with Gasteiger partial charge in [0.15, 0.2) is 0 Å². The first kappa shape index (κ1) is 12.7. The van der Waals surface area contributed by atoms with Gasteiger partial charge in [0.2, 0.25) is 5.91 Å². The summed E-state index contributed by atoms with van der Waals surface area (Å²) in [6, 6.07) is 1.67. The highest BCUT2D eigenvalue weighted by atomic mass is 32.1. The summed E-state index contributed by atoms with van der Waals surface area (Å²) in [6.45, 7) is 0.351. The topological polar surface area (TPSA) is 64.6 Å². The molecule has 5 nitrogen and oxygen atoms in total. The Labute approximate surface area is 97.4 Å². The molecule has 1 rings (SSSR count). The normalized spacial score (nSPS) is 9.88. The number of anilines is 1. The van der Waals surface area contributed by atoms with Crippen molar-refractivity contribution >= 4 is 28.9 Å². The minimum atomic E-state index is -0.447. The van der Waals surface area contributed by atoms with Crippen molar-refractivity contribution in [1.82, 2.24) is 0 Å². The summed E-state index contributed by atoms with van der Waals surface area (Å²) in [5.74, 6) is -0.637. The van der Waals surface area contributed by atoms with E-state index >= 15 is 0 Å². The molecule has 0 aliphatic rings. The summed E-state index contributed by atoms with van der Waals surface area (Å²) in [5.41, 5.74) is 0.484. The van der Waals surface area contributed by atoms with Gasteiger partial charge in [0, 0.05) is 7.11 Å². The zero-order valence-electron chi connectivity index (χ0n) is 9.11. The second kappa shape index (κ2) is 6.24. The molecule has 0 bridgehead atoms. The van der Waals surface area contributed by atoms with Crippen LogP contribution in [0.15, 0.2) is 11.4 Å². The number of ether oxygens (including phenoxy) is 2. The molecule has 0 radical (unpaired) electrons. The fraction of sp³-hybridized carbons (Fsp3) is 0.400. The maximum Gasteiger partial charge on any atom is 0.350 e. The number of carbonyl (C=O) groups excluding carboxylic acids is 2. The van der Waals surface area contributed by atoms with Gasteiger partial charge in [0.1, 0.15) is 4.88 Å². The van der Waals surface area contributed by atoms with Crippen LogP contribution in [-0.4, -0.2) is 32.7 Å². The lowest BCUT2D eigenvalue weighted by atomic mass is 10.3. The van der Waals surface area contributed by atoms with Crippen LogP contribution in [0.3, 0.4) is 0 Å². The summed E-state index contributed by atoms with van der Waals surface area (Å²) in [5, 5.41) is 4.35. The van der Waals surface area contributed by atoms with Crippen molar-refractivity contribution in [2.45, 2.75) is 6.42 Å². The van der Waals surface area contributed by atoms with Crippen molar-refractivity contribution in [3.8, 4) is 0 Å². The predicted octanol–water partition coefficient (Wildman–Crippen LogP) is 1.51. The first-order valence-corrected chi connectivity index (χ1v) is 5.51. The number of hydrogen-bond donors (Lipinski definition) is 1. The third kappa shape index (κ3) is 3.32. The van der Waals surface area contributed by atoms with Crippen LogP contribution in [0.1, 0.15) is 16.1 Å². The number of amides is 1. The predicted molar refractivity (Wildman–Crippen MR) is 60.8 cm³/mol. The Bertz CT molecular complexity index is 375. The van der Waals surface area contributed by atoms with Gasteiger partial charge in [0.25, 0.3) is 0 Å². The fourth-order valence-electron chi connectivity index (χ4n) is 1.07. The monoisotopic (exact) mass is 243 g/mol. The van der Waals surface area contributed by atoms with E-state index in [0.29, 0.717) is 17.2 Å². The quantitative estimate of drug-likeness (QED) is 0.796. The van der Waals surface area contributed by atoms with Crippen molar-refractivity contribution in [3.63, 3.8) is 0 Å². The molecule has 0 spiro atoms. The highest BCUT2D eigenvalue weighted by Gasteiger charge is 2.15. The summed E-state index contributed by atoms with van der Waals surface area (Å²) in [4.78, 5) is 23.1. The van der Waals surface area contributed by atoms with E-state index in [0.717, 1.165) is 0 Å². The molecule has 0 aromatic carbocycles. The van der Waals surface area contributed by atoms with E-state index in [4.69, 9.17) is 4.74 Å². The minimum absolute atomic E-state index is 0.189. The Morgan fingerprint density at radius 1 is 1.44 bits per heavy atom. The lowest BCUT2D eigenvalue weighted by Gasteiger charge is -2.04. The molecule has 1 aromatic rings. The Morgan fingerprint density at radius 2 is 2.19 bits per heavy atom. The van der Waals surface area contributed by atoms with Crippen LogP contribution in [0.4, 0.5) is 5.69 Å². The summed E-state index contributed by atoms with van der Waals surface area (Å²) < 4.78 is 9.37. The van der Waals surface area contributed by atoms with Gasteiger partial charge >= 0.3 is 5.97 Å². The summed E-state index contributed by atoms with van der Waals surface area (Å²) in [7, 11) is 2.83. The largest absolute Gasteiger partial charge is 0.465 e. The van der Waals surface area contributed by atoms with Crippen LogP contribution >= 0.6 is 11.3 Å². The molecule has 0 aliphatic carbocycles. The minimum Gasteiger partial charge on any atom is -0.465 e. The smallest absolute Gasteiger partial charge is 0.350 e. The molecule has 88 valence electrons. The van der Waals surface area contributed by atoms with Crippen molar-refractivity contribution in [1.29, 1.82) is 0 Å². The Morgan fingerprint density at radius 3 is 2.81 bits per heavy atom. The van der Waals surface area contributed by atoms with Gasteiger partial charge in [-0.2, -0.15) is 0 Å². The number of esters is 1. The first-order valence-electron chi connectivity index (χ1n) is 4.63. The Kier molecular flexibility index (Phi) is 4.94. The van der Waals surface area contributed by atoms with Gasteiger partial charge in [-0.05, 0) is 11.4 Å². The number of methoxy groups -OCH3 is 2. The van der Waals surface area contributed by atoms with Gasteiger partial charge in [-0.15, -0.1) is 11.3 Å². The summed E-state index contributed by atoms with van der Waals surface area (Å²) in [6.07, 6.45) is 0.257. The van der Waals surface area contributed by atoms with Gasteiger partial charge in [-0.1, -0.05) is 0 Å². The highest BCUT2D eigenvalue weighted by Crippen LogP contribution is 2.23. The molecule has 6 heteroatoms. The van der Waals surface area contributed by atoms with Crippen LogP contribution < -0.4 is 5.32 Å². The zero-order chi connectivity index (χ0) is 12.0. The molecular weight excluding hydrogens is 230 g/mol. The molecule has 1 aromatic heterocycles. The molecule has 1 amide bonds. The van der Waals surface area contributed by atoms with Crippen molar-refractivity contribution in [3.05, 3.63) is 16.3 Å². The van der Waals surface area contributed by atoms with E-state index < -0.39 is 5.97 Å². The van der Waals surface area contributed by atoms with Gasteiger partial charge in [-0.25, -0.2) is 4.79 Å². The number of rotatable bonds is 5. The van der Waals surface area contributed by atoms with E-state index in [1.54, 1.807) is 11.4 Å². The second-order valence-electron chi connectivity index (χ2n) is 2.95. The Hall–Kier alpha value is -1.40. The van der Waals surface area contributed by atoms with E-state index in [1.165, 1.54) is 25.6 Å². The Balaban J connectivity index is 2.63. The average Bonchev–Trinajstić information content (AvgIpc) is 2.73. The van der Waals surface area contributed by atoms with E-state index in [1.807, 2.05) is 0 Å². The van der Waals surface area contributed by atoms with Crippen molar-refractivity contribution in [2.75, 3.05) is 26.1 Å². The highest BCUT2D eigenvalue weighted by molar-refractivity contribution is 7.12. The van der Waals surface area contributed by atoms with Crippen LogP contribution in [0.25, 0.3) is 0 Å². The molecule has 0 saturated heterocycles. The van der Waals surface area contributed by atoms with Crippen LogP contribution in [0.2, 0.25) is 0 Å². The van der Waals surface area contributed by atoms with Gasteiger partial charge in [-0.3, -0.25) is 4.79 Å². The SMILES string of the molecule is COCCC(=O)Nc1ccsc1C(=O)OC. The number of nitrogens with one attached hydrogen (secondary N) is 1. The second-order valence-corrected chi connectivity index (χ2v) is 3.86. The van der Waals surface area contributed by atoms with Crippen molar-refractivity contribution < 1.29 is 19.1 Å². The zero-order valence-corrected chi connectivity index (χ0v) is 9.93. The van der Waals surface area contributed by atoms with E-state index in [-0.39, 0.29) is 12.3 Å². The van der Waals surface area contributed by atoms with E-state index in [9.17, 15) is 9.59 Å². The van der Waals surface area contributed by atoms with E-state index in [2.05, 4.69) is 10.1 Å². The standard InChI is InChI=1S/C10H13NO4S/c1-14-5-3-8(12)11-7-4-6-16-9(7)10(13)15-2/h4,6H,3,5H2,1-2H3,(H,11,12). The van der Waals surface area contributed by atoms with Gasteiger partial charge in [0.05, 0.1) is 25.8 Å². The number of thiophene rings is 1. The lowest BCUT2D eigenvalue weighted by molar-refractivity contribution is -0.117. The maximum absolute atomic E-state index is 11.4. The molecular formula is C10H13NO4S. The average molecular weight is 243 g/mol. The summed E-state index contributed by atoms with van der Waals surface area (Å²) >= 11 is 1.23. The molecule has 16 heavy (non-hydrogen) atoms. The van der Waals surface area contributed by atoms with Crippen LogP contribution in [0.5, 0.6) is 0 Å². The fourth-order valence-corrected chi connectivity index (χ4v) is 1.83. The molecule has 0 saturated carbocycles. The number of hydrogen-bond acceptors (Lipinski definition) is 5. The lowest BCUT2D eigenvalue weighted by Crippen LogP contribution is -2.15. The molecule has 0 fully saturated rings. The molecule has 1 heterocycles. The molecule has 0 atom stereocenters. The van der Waals surface area contributed by atoms with Crippen LogP contribution in [0, 0.1) is 0 Å². The van der Waals surface area contributed by atoms with Crippen LogP contribution in [-0.2, 0) is 14.3 Å². The molecule has 0 unspecified atom stereocenters. The molecule has 0 aliphatic heterocycles.